The van der Waals surface area contributed by atoms with Gasteiger partial charge in [0.15, 0.2) is 0 Å². The molecule has 2 aromatic carbocycles. The molecule has 3 rings (SSSR count). The minimum absolute atomic E-state index is 0. The zero-order chi connectivity index (χ0) is 19.9. The van der Waals surface area contributed by atoms with Crippen molar-refractivity contribution in [1.82, 2.24) is 11.5 Å². The van der Waals surface area contributed by atoms with E-state index in [0.29, 0.717) is 19.4 Å². The van der Waals surface area contributed by atoms with Gasteiger partial charge in [-0.3, -0.25) is 4.79 Å². The van der Waals surface area contributed by atoms with Crippen molar-refractivity contribution in [3.8, 4) is 0 Å². The number of hydrogen-bond donors (Lipinski definition) is 2. The quantitative estimate of drug-likeness (QED) is 0.661. The number of aryl methyl sites for hydroxylation is 2. The molecule has 0 aromatic heterocycles. The molecule has 1 fully saturated rings. The summed E-state index contributed by atoms with van der Waals surface area (Å²) in [5.41, 5.74) is 3.80. The summed E-state index contributed by atoms with van der Waals surface area (Å²) in [6.45, 7) is 8.72. The van der Waals surface area contributed by atoms with E-state index in [1.165, 1.54) is 5.56 Å². The molecule has 4 nitrogen and oxygen atoms in total. The summed E-state index contributed by atoms with van der Waals surface area (Å²) >= 11 is 0. The van der Waals surface area contributed by atoms with Crippen molar-refractivity contribution in [2.45, 2.75) is 58.3 Å². The van der Waals surface area contributed by atoms with Crippen LogP contribution < -0.4 is 11.5 Å². The SMILES string of the molecule is CC.CCc1ccc([C@@]2(C=O)CCNC(=O)C[C@H]2c2ccccc2)c(C)c1.Cl.N. The summed E-state index contributed by atoms with van der Waals surface area (Å²) in [5.74, 6) is -0.139. The minimum Gasteiger partial charge on any atom is -0.356 e. The zero-order valence-corrected chi connectivity index (χ0v) is 18.9. The molecule has 4 N–H and O–H groups in total. The fourth-order valence-electron chi connectivity index (χ4n) is 4.12. The van der Waals surface area contributed by atoms with Crippen LogP contribution in [0.25, 0.3) is 0 Å². The molecule has 1 amide bonds. The molecular weight excluding hydrogens is 384 g/mol. The van der Waals surface area contributed by atoms with Gasteiger partial charge in [-0.25, -0.2) is 0 Å². The summed E-state index contributed by atoms with van der Waals surface area (Å²) in [5, 5.41) is 2.95. The molecule has 160 valence electrons. The minimum atomic E-state index is -0.684. The van der Waals surface area contributed by atoms with Crippen molar-refractivity contribution >= 4 is 24.6 Å². The van der Waals surface area contributed by atoms with Gasteiger partial charge in [0.25, 0.3) is 0 Å². The van der Waals surface area contributed by atoms with E-state index in [4.69, 9.17) is 0 Å². The number of amides is 1. The van der Waals surface area contributed by atoms with Crippen LogP contribution in [0.3, 0.4) is 0 Å². The molecule has 0 aliphatic carbocycles. The standard InChI is InChI=1S/C22H25NO2.C2H6.ClH.H3N/c1-3-17-9-10-19(16(2)13-17)22(15-24)11-12-23-21(25)14-20(22)18-7-5-4-6-8-18;1-2;;/h4-10,13,15,20H,3,11-12,14H2,1-2H3,(H,23,25);1-2H3;1H;1H3/t20-,22-;;;/m0.../s1. The van der Waals surface area contributed by atoms with Crippen LogP contribution in [-0.4, -0.2) is 18.7 Å². The van der Waals surface area contributed by atoms with Gasteiger partial charge >= 0.3 is 0 Å². The molecule has 2 atom stereocenters. The van der Waals surface area contributed by atoms with E-state index in [0.717, 1.165) is 29.4 Å². The lowest BCUT2D eigenvalue weighted by atomic mass is 9.64. The Hall–Kier alpha value is -2.17. The van der Waals surface area contributed by atoms with Gasteiger partial charge in [0, 0.05) is 18.9 Å². The molecule has 0 spiro atoms. The third kappa shape index (κ3) is 5.68. The van der Waals surface area contributed by atoms with Gasteiger partial charge < -0.3 is 16.3 Å². The molecule has 2 aromatic rings. The van der Waals surface area contributed by atoms with Crippen LogP contribution >= 0.6 is 12.4 Å². The van der Waals surface area contributed by atoms with Crippen molar-refractivity contribution in [3.63, 3.8) is 0 Å². The van der Waals surface area contributed by atoms with E-state index in [-0.39, 0.29) is 30.4 Å². The number of aldehydes is 1. The van der Waals surface area contributed by atoms with E-state index in [9.17, 15) is 9.59 Å². The summed E-state index contributed by atoms with van der Waals surface area (Å²) in [7, 11) is 0. The fourth-order valence-corrected chi connectivity index (χ4v) is 4.12. The third-order valence-electron chi connectivity index (χ3n) is 5.48. The van der Waals surface area contributed by atoms with Crippen LogP contribution in [0, 0.1) is 6.92 Å². The second kappa shape index (κ2) is 12.4. The normalized spacial score (nSPS) is 20.6. The number of carbonyl (C=O) groups excluding carboxylic acids is 2. The highest BCUT2D eigenvalue weighted by Gasteiger charge is 2.44. The van der Waals surface area contributed by atoms with Gasteiger partial charge in [-0.1, -0.05) is 69.3 Å². The van der Waals surface area contributed by atoms with Crippen LogP contribution in [0.2, 0.25) is 0 Å². The van der Waals surface area contributed by atoms with Crippen molar-refractivity contribution < 1.29 is 9.59 Å². The first-order chi connectivity index (χ1) is 13.1. The number of rotatable bonds is 4. The fraction of sp³-hybridized carbons (Fsp3) is 0.417. The first-order valence-corrected chi connectivity index (χ1v) is 9.98. The van der Waals surface area contributed by atoms with Crippen LogP contribution in [0.5, 0.6) is 0 Å². The van der Waals surface area contributed by atoms with E-state index >= 15 is 0 Å². The van der Waals surface area contributed by atoms with Crippen LogP contribution in [0.1, 0.15) is 61.8 Å². The monoisotopic (exact) mass is 418 g/mol. The number of hydrogen-bond acceptors (Lipinski definition) is 3. The molecule has 29 heavy (non-hydrogen) atoms. The van der Waals surface area contributed by atoms with Gasteiger partial charge in [0.2, 0.25) is 5.91 Å². The predicted octanol–water partition coefficient (Wildman–Crippen LogP) is 5.30. The smallest absolute Gasteiger partial charge is 0.220 e. The van der Waals surface area contributed by atoms with E-state index in [2.05, 4.69) is 37.4 Å². The maximum Gasteiger partial charge on any atom is 0.220 e. The largest absolute Gasteiger partial charge is 0.356 e. The lowest BCUT2D eigenvalue weighted by molar-refractivity contribution is -0.121. The van der Waals surface area contributed by atoms with Crippen molar-refractivity contribution in [3.05, 3.63) is 70.8 Å². The third-order valence-corrected chi connectivity index (χ3v) is 5.48. The molecule has 1 aliphatic heterocycles. The van der Waals surface area contributed by atoms with E-state index in [1.54, 1.807) is 0 Å². The van der Waals surface area contributed by atoms with Gasteiger partial charge in [-0.2, -0.15) is 0 Å². The Labute approximate surface area is 181 Å². The molecule has 1 aliphatic rings. The molecule has 1 saturated heterocycles. The first-order valence-electron chi connectivity index (χ1n) is 9.98. The number of benzene rings is 2. The first kappa shape index (κ1) is 26.8. The molecule has 0 bridgehead atoms. The number of halogens is 1. The van der Waals surface area contributed by atoms with Crippen molar-refractivity contribution in [2.24, 2.45) is 0 Å². The lowest BCUT2D eigenvalue weighted by Gasteiger charge is -2.36. The average Bonchev–Trinajstić information content (AvgIpc) is 2.89. The van der Waals surface area contributed by atoms with Gasteiger partial charge in [0.1, 0.15) is 6.29 Å². The maximum atomic E-state index is 12.5. The zero-order valence-electron chi connectivity index (χ0n) is 18.0. The molecule has 5 heteroatoms. The number of carbonyl (C=O) groups is 2. The molecule has 0 radical (unpaired) electrons. The van der Waals surface area contributed by atoms with Gasteiger partial charge in [0.05, 0.1) is 5.41 Å². The van der Waals surface area contributed by atoms with E-state index in [1.807, 2.05) is 44.2 Å². The Morgan fingerprint density at radius 2 is 1.79 bits per heavy atom. The summed E-state index contributed by atoms with van der Waals surface area (Å²) in [4.78, 5) is 24.8. The van der Waals surface area contributed by atoms with Crippen molar-refractivity contribution in [1.29, 1.82) is 0 Å². The average molecular weight is 419 g/mol. The highest BCUT2D eigenvalue weighted by Crippen LogP contribution is 2.45. The Bertz CT molecular complexity index is 780. The Balaban J connectivity index is 0.00000190. The van der Waals surface area contributed by atoms with Crippen molar-refractivity contribution in [2.75, 3.05) is 6.54 Å². The highest BCUT2D eigenvalue weighted by atomic mass is 35.5. The number of nitrogens with one attached hydrogen (secondary N) is 1. The lowest BCUT2D eigenvalue weighted by Crippen LogP contribution is -2.37. The van der Waals surface area contributed by atoms with Crippen LogP contribution in [0.15, 0.2) is 48.5 Å². The van der Waals surface area contributed by atoms with Crippen LogP contribution in [-0.2, 0) is 21.4 Å². The molecule has 0 saturated carbocycles. The van der Waals surface area contributed by atoms with Crippen LogP contribution in [0.4, 0.5) is 0 Å². The Morgan fingerprint density at radius 1 is 1.14 bits per heavy atom. The van der Waals surface area contributed by atoms with Gasteiger partial charge in [-0.15, -0.1) is 12.4 Å². The molecule has 1 heterocycles. The highest BCUT2D eigenvalue weighted by molar-refractivity contribution is 5.85. The maximum absolute atomic E-state index is 12.5. The second-order valence-corrected chi connectivity index (χ2v) is 6.93. The van der Waals surface area contributed by atoms with E-state index < -0.39 is 5.41 Å². The summed E-state index contributed by atoms with van der Waals surface area (Å²) in [6.07, 6.45) is 3.00. The molecular formula is C24H35ClN2O2. The Morgan fingerprint density at radius 3 is 2.34 bits per heavy atom. The summed E-state index contributed by atoms with van der Waals surface area (Å²) < 4.78 is 0. The van der Waals surface area contributed by atoms with Gasteiger partial charge in [-0.05, 0) is 42.0 Å². The summed E-state index contributed by atoms with van der Waals surface area (Å²) in [6, 6.07) is 16.3. The second-order valence-electron chi connectivity index (χ2n) is 6.93. The topological polar surface area (TPSA) is 81.2 Å². The predicted molar refractivity (Wildman–Crippen MR) is 123 cm³/mol. The Kier molecular flexibility index (Phi) is 11.5. The molecule has 0 unspecified atom stereocenters.